The van der Waals surface area contributed by atoms with Crippen molar-refractivity contribution in [3.63, 3.8) is 0 Å². The van der Waals surface area contributed by atoms with E-state index in [9.17, 15) is 9.59 Å². The maximum absolute atomic E-state index is 13.0. The van der Waals surface area contributed by atoms with Crippen LogP contribution in [0.3, 0.4) is 0 Å². The summed E-state index contributed by atoms with van der Waals surface area (Å²) in [7, 11) is 1.65. The number of aromatic nitrogens is 3. The third kappa shape index (κ3) is 5.49. The van der Waals surface area contributed by atoms with E-state index in [4.69, 9.17) is 14.4 Å². The van der Waals surface area contributed by atoms with Crippen LogP contribution in [-0.2, 0) is 11.3 Å². The minimum absolute atomic E-state index is 0.115. The number of ether oxygens (including phenoxy) is 1. The first-order valence-corrected chi connectivity index (χ1v) is 12.8. The van der Waals surface area contributed by atoms with Gasteiger partial charge in [0.25, 0.3) is 5.91 Å². The zero-order valence-electron chi connectivity index (χ0n) is 21.4. The fourth-order valence-electron chi connectivity index (χ4n) is 5.05. The molecule has 0 unspecified atom stereocenters. The number of piperidine rings is 1. The van der Waals surface area contributed by atoms with Crippen LogP contribution < -0.4 is 0 Å². The van der Waals surface area contributed by atoms with Crippen molar-refractivity contribution in [1.82, 2.24) is 19.8 Å². The number of fused-ring (bicyclic) bond motifs is 1. The molecule has 37 heavy (non-hydrogen) atoms. The van der Waals surface area contributed by atoms with Crippen LogP contribution in [0.2, 0.25) is 0 Å². The maximum Gasteiger partial charge on any atom is 0.292 e. The van der Waals surface area contributed by atoms with Gasteiger partial charge in [-0.1, -0.05) is 35.5 Å². The minimum Gasteiger partial charge on any atom is -0.385 e. The van der Waals surface area contributed by atoms with E-state index in [1.807, 2.05) is 65.2 Å². The van der Waals surface area contributed by atoms with E-state index in [1.165, 1.54) is 0 Å². The number of nitrogens with zero attached hydrogens (tertiary/aromatic N) is 4. The lowest BCUT2D eigenvalue weighted by molar-refractivity contribution is 0.0639. The van der Waals surface area contributed by atoms with E-state index in [0.717, 1.165) is 53.4 Å². The van der Waals surface area contributed by atoms with Crippen LogP contribution in [0.4, 0.5) is 0 Å². The number of hydrogen-bond donors (Lipinski definition) is 0. The second kappa shape index (κ2) is 11.1. The van der Waals surface area contributed by atoms with Gasteiger partial charge >= 0.3 is 0 Å². The first-order valence-electron chi connectivity index (χ1n) is 12.8. The summed E-state index contributed by atoms with van der Waals surface area (Å²) in [4.78, 5) is 27.5. The molecule has 0 bridgehead atoms. The Labute approximate surface area is 216 Å². The summed E-state index contributed by atoms with van der Waals surface area (Å²) in [5.41, 5.74) is 4.23. The smallest absolute Gasteiger partial charge is 0.292 e. The highest BCUT2D eigenvalue weighted by molar-refractivity contribution is 6.01. The summed E-state index contributed by atoms with van der Waals surface area (Å²) in [5.74, 6) is 0.724. The Bertz CT molecular complexity index is 1380. The lowest BCUT2D eigenvalue weighted by Crippen LogP contribution is -2.39. The average molecular weight is 501 g/mol. The Hall–Kier alpha value is -3.78. The minimum atomic E-state index is -0.115. The topological polar surface area (TPSA) is 90.5 Å². The average Bonchev–Trinajstić information content (AvgIpc) is 3.58. The fourth-order valence-corrected chi connectivity index (χ4v) is 5.05. The molecule has 0 N–H and O–H groups in total. The third-order valence-electron chi connectivity index (χ3n) is 7.20. The molecule has 0 radical (unpaired) electrons. The second-order valence-corrected chi connectivity index (χ2v) is 9.72. The molecule has 0 saturated carbocycles. The fraction of sp³-hybridized carbons (Fsp3) is 0.379. The normalized spacial score (nSPS) is 14.4. The van der Waals surface area contributed by atoms with Crippen molar-refractivity contribution in [1.29, 1.82) is 0 Å². The standard InChI is InChI=1S/C29H32N4O4/c1-20-23(27(34)9-6-16-36-2)10-11-25-24(20)19-33(30-25)18-21-12-14-32(15-13-21)29(35)28-17-26(31-37-28)22-7-4-3-5-8-22/h3-5,7-8,10-11,17,19,21H,6,9,12-16,18H2,1-2H3. The van der Waals surface area contributed by atoms with Gasteiger partial charge in [0.05, 0.1) is 5.52 Å². The van der Waals surface area contributed by atoms with E-state index >= 15 is 0 Å². The van der Waals surface area contributed by atoms with Crippen LogP contribution in [0.5, 0.6) is 0 Å². The van der Waals surface area contributed by atoms with Gasteiger partial charge < -0.3 is 14.2 Å². The maximum atomic E-state index is 13.0. The Kier molecular flexibility index (Phi) is 7.46. The van der Waals surface area contributed by atoms with Gasteiger partial charge in [0.1, 0.15) is 5.69 Å². The number of rotatable bonds is 9. The monoisotopic (exact) mass is 500 g/mol. The molecule has 8 nitrogen and oxygen atoms in total. The zero-order valence-corrected chi connectivity index (χ0v) is 21.4. The summed E-state index contributed by atoms with van der Waals surface area (Å²) in [6.45, 7) is 4.71. The van der Waals surface area contributed by atoms with Gasteiger partial charge in [0, 0.05) is 68.5 Å². The molecule has 1 saturated heterocycles. The van der Waals surface area contributed by atoms with Gasteiger partial charge in [-0.15, -0.1) is 0 Å². The van der Waals surface area contributed by atoms with Gasteiger partial charge in [-0.3, -0.25) is 14.3 Å². The number of benzene rings is 2. The molecule has 2 aromatic carbocycles. The molecule has 0 aliphatic carbocycles. The first kappa shape index (κ1) is 24.9. The van der Waals surface area contributed by atoms with Gasteiger partial charge in [-0.2, -0.15) is 5.10 Å². The molecule has 1 amide bonds. The predicted molar refractivity (Wildman–Crippen MR) is 140 cm³/mol. The lowest BCUT2D eigenvalue weighted by atomic mass is 9.96. The molecule has 8 heteroatoms. The lowest BCUT2D eigenvalue weighted by Gasteiger charge is -2.31. The largest absolute Gasteiger partial charge is 0.385 e. The molecule has 3 heterocycles. The van der Waals surface area contributed by atoms with Gasteiger partial charge in [-0.05, 0) is 49.8 Å². The SMILES string of the molecule is COCCCC(=O)c1ccc2nn(CC3CCN(C(=O)c4cc(-c5ccccc5)no4)CC3)cc2c1C. The van der Waals surface area contributed by atoms with Crippen LogP contribution in [0.1, 0.15) is 52.2 Å². The summed E-state index contributed by atoms with van der Waals surface area (Å²) in [6, 6.07) is 15.2. The molecule has 2 aromatic heterocycles. The number of amides is 1. The number of methoxy groups -OCH3 is 1. The molecule has 192 valence electrons. The van der Waals surface area contributed by atoms with E-state index in [-0.39, 0.29) is 17.5 Å². The molecular formula is C29H32N4O4. The first-order chi connectivity index (χ1) is 18.0. The van der Waals surface area contributed by atoms with Gasteiger partial charge in [0.2, 0.25) is 5.76 Å². The number of Topliss-reactive ketones (excluding diaryl/α,β-unsaturated/α-hetero) is 1. The quantitative estimate of drug-likeness (QED) is 0.233. The van der Waals surface area contributed by atoms with Crippen LogP contribution in [0.25, 0.3) is 22.2 Å². The summed E-state index contributed by atoms with van der Waals surface area (Å²) < 4.78 is 12.4. The van der Waals surface area contributed by atoms with Crippen molar-refractivity contribution in [2.24, 2.45) is 5.92 Å². The number of ketones is 1. The highest BCUT2D eigenvalue weighted by Crippen LogP contribution is 2.26. The number of carbonyl (C=O) groups excluding carboxylic acids is 2. The van der Waals surface area contributed by atoms with Crippen LogP contribution in [0.15, 0.2) is 59.3 Å². The third-order valence-corrected chi connectivity index (χ3v) is 7.20. The number of carbonyl (C=O) groups is 2. The Balaban J connectivity index is 1.19. The number of hydrogen-bond acceptors (Lipinski definition) is 6. The molecule has 5 rings (SSSR count). The molecule has 0 spiro atoms. The van der Waals surface area contributed by atoms with Crippen molar-refractivity contribution in [2.75, 3.05) is 26.8 Å². The number of likely N-dealkylation sites (tertiary alicyclic amines) is 1. The number of aryl methyl sites for hydroxylation is 1. The molecule has 1 fully saturated rings. The Morgan fingerprint density at radius 1 is 1.11 bits per heavy atom. The zero-order chi connectivity index (χ0) is 25.8. The van der Waals surface area contributed by atoms with Crippen LogP contribution >= 0.6 is 0 Å². The van der Waals surface area contributed by atoms with E-state index in [0.29, 0.717) is 37.7 Å². The molecule has 1 aliphatic rings. The summed E-state index contributed by atoms with van der Waals surface area (Å²) >= 11 is 0. The molecule has 4 aromatic rings. The second-order valence-electron chi connectivity index (χ2n) is 9.72. The van der Waals surface area contributed by atoms with E-state index in [2.05, 4.69) is 5.16 Å². The summed E-state index contributed by atoms with van der Waals surface area (Å²) in [6.07, 6.45) is 5.03. The summed E-state index contributed by atoms with van der Waals surface area (Å²) in [5, 5.41) is 9.85. The van der Waals surface area contributed by atoms with Crippen LogP contribution in [0, 0.1) is 12.8 Å². The van der Waals surface area contributed by atoms with E-state index < -0.39 is 0 Å². The molecule has 1 aliphatic heterocycles. The van der Waals surface area contributed by atoms with Gasteiger partial charge in [-0.25, -0.2) is 0 Å². The Morgan fingerprint density at radius 3 is 2.65 bits per heavy atom. The van der Waals surface area contributed by atoms with Gasteiger partial charge in [0.15, 0.2) is 5.78 Å². The van der Waals surface area contributed by atoms with Crippen LogP contribution in [-0.4, -0.2) is 58.3 Å². The van der Waals surface area contributed by atoms with Crippen molar-refractivity contribution < 1.29 is 18.8 Å². The Morgan fingerprint density at radius 2 is 1.89 bits per heavy atom. The van der Waals surface area contributed by atoms with Crippen molar-refractivity contribution >= 4 is 22.6 Å². The molecular weight excluding hydrogens is 468 g/mol. The highest BCUT2D eigenvalue weighted by atomic mass is 16.5. The van der Waals surface area contributed by atoms with E-state index in [1.54, 1.807) is 13.2 Å². The highest BCUT2D eigenvalue weighted by Gasteiger charge is 2.27. The molecule has 0 atom stereocenters. The predicted octanol–water partition coefficient (Wildman–Crippen LogP) is 5.16. The van der Waals surface area contributed by atoms with Crippen molar-refractivity contribution in [2.45, 2.75) is 39.2 Å². The van der Waals surface area contributed by atoms with Crippen molar-refractivity contribution in [3.8, 4) is 11.3 Å². The van der Waals surface area contributed by atoms with Crippen molar-refractivity contribution in [3.05, 3.63) is 71.6 Å².